The Balaban J connectivity index is 2.20. The maximum Gasteiger partial charge on any atom is 0.414 e. The summed E-state index contributed by atoms with van der Waals surface area (Å²) in [6.07, 6.45) is -1.56. The number of anilines is 2. The van der Waals surface area contributed by atoms with Crippen LogP contribution in [0.15, 0.2) is 18.2 Å². The molecule has 1 aromatic carbocycles. The van der Waals surface area contributed by atoms with Crippen molar-refractivity contribution in [1.82, 2.24) is 0 Å². The van der Waals surface area contributed by atoms with Crippen molar-refractivity contribution < 1.29 is 23.8 Å². The van der Waals surface area contributed by atoms with Gasteiger partial charge in [0.1, 0.15) is 5.82 Å². The summed E-state index contributed by atoms with van der Waals surface area (Å²) in [5.41, 5.74) is 6.24. The molecule has 1 aliphatic heterocycles. The monoisotopic (exact) mass is 369 g/mol. The van der Waals surface area contributed by atoms with Crippen LogP contribution in [-0.4, -0.2) is 63.3 Å². The highest BCUT2D eigenvalue weighted by atomic mass is 19.1. The van der Waals surface area contributed by atoms with Gasteiger partial charge >= 0.3 is 6.09 Å². The Kier molecular flexibility index (Phi) is 7.62. The first kappa shape index (κ1) is 20.4. The van der Waals surface area contributed by atoms with Crippen LogP contribution in [0.1, 0.15) is 13.8 Å². The van der Waals surface area contributed by atoms with Crippen LogP contribution < -0.4 is 15.5 Å². The number of hydrogen-bond donors (Lipinski definition) is 2. The highest BCUT2D eigenvalue weighted by molar-refractivity contribution is 5.88. The molecule has 0 spiro atoms. The zero-order valence-corrected chi connectivity index (χ0v) is 15.4. The first-order chi connectivity index (χ1) is 12.4. The van der Waals surface area contributed by atoms with Crippen molar-refractivity contribution in [3.05, 3.63) is 24.0 Å². The van der Waals surface area contributed by atoms with Crippen molar-refractivity contribution in [2.75, 3.05) is 55.8 Å². The molecular weight excluding hydrogens is 341 g/mol. The van der Waals surface area contributed by atoms with Gasteiger partial charge in [-0.05, 0) is 24.1 Å². The Morgan fingerprint density at radius 3 is 2.69 bits per heavy atom. The molecule has 0 bridgehead atoms. The van der Waals surface area contributed by atoms with Crippen molar-refractivity contribution in [2.45, 2.75) is 20.0 Å². The van der Waals surface area contributed by atoms with E-state index in [0.29, 0.717) is 37.7 Å². The molecule has 1 aromatic rings. The van der Waals surface area contributed by atoms with Gasteiger partial charge in [0.25, 0.3) is 0 Å². The molecule has 26 heavy (non-hydrogen) atoms. The quantitative estimate of drug-likeness (QED) is 0.759. The fourth-order valence-electron chi connectivity index (χ4n) is 2.61. The molecule has 1 amide bonds. The molecule has 1 fully saturated rings. The number of benzene rings is 1. The number of aliphatic hydroxyl groups is 1. The van der Waals surface area contributed by atoms with Crippen LogP contribution in [0.25, 0.3) is 0 Å². The van der Waals surface area contributed by atoms with Crippen LogP contribution in [0.5, 0.6) is 0 Å². The van der Waals surface area contributed by atoms with Crippen LogP contribution in [0.2, 0.25) is 0 Å². The molecule has 2 rings (SSSR count). The number of hydrogen-bond acceptors (Lipinski definition) is 6. The molecule has 8 heteroatoms. The van der Waals surface area contributed by atoms with E-state index < -0.39 is 18.0 Å². The Labute approximate surface area is 153 Å². The lowest BCUT2D eigenvalue weighted by molar-refractivity contribution is 0.122. The van der Waals surface area contributed by atoms with E-state index in [-0.39, 0.29) is 25.6 Å². The molecule has 1 saturated heterocycles. The second-order valence-electron chi connectivity index (χ2n) is 6.71. The van der Waals surface area contributed by atoms with E-state index in [1.54, 1.807) is 12.1 Å². The van der Waals surface area contributed by atoms with Gasteiger partial charge in [-0.2, -0.15) is 0 Å². The number of carbonyl (C=O) groups is 1. The Morgan fingerprint density at radius 1 is 1.42 bits per heavy atom. The van der Waals surface area contributed by atoms with Gasteiger partial charge in [0, 0.05) is 19.6 Å². The largest absolute Gasteiger partial charge is 0.449 e. The molecular formula is C18H28FN3O4. The second-order valence-corrected chi connectivity index (χ2v) is 6.71. The molecule has 0 radical (unpaired) electrons. The van der Waals surface area contributed by atoms with Crippen molar-refractivity contribution in [3.63, 3.8) is 0 Å². The summed E-state index contributed by atoms with van der Waals surface area (Å²) in [4.78, 5) is 15.5. The third-order valence-corrected chi connectivity index (χ3v) is 4.02. The normalized spacial score (nSPS) is 15.8. The molecule has 0 aromatic heterocycles. The third kappa shape index (κ3) is 5.55. The zero-order valence-electron chi connectivity index (χ0n) is 15.4. The number of amides is 1. The summed E-state index contributed by atoms with van der Waals surface area (Å²) in [6.45, 7) is 6.33. The number of ether oxygens (including phenoxy) is 2. The highest BCUT2D eigenvalue weighted by Crippen LogP contribution is 2.26. The molecule has 1 atom stereocenters. The van der Waals surface area contributed by atoms with Crippen LogP contribution in [-0.2, 0) is 9.47 Å². The minimum atomic E-state index is -0.927. The lowest BCUT2D eigenvalue weighted by atomic mass is 10.2. The van der Waals surface area contributed by atoms with E-state index in [9.17, 15) is 14.3 Å². The van der Waals surface area contributed by atoms with E-state index in [4.69, 9.17) is 15.2 Å². The van der Waals surface area contributed by atoms with E-state index in [1.807, 2.05) is 18.7 Å². The third-order valence-electron chi connectivity index (χ3n) is 4.02. The van der Waals surface area contributed by atoms with E-state index >= 15 is 0 Å². The van der Waals surface area contributed by atoms with Gasteiger partial charge in [0.15, 0.2) is 0 Å². The maximum atomic E-state index is 14.6. The molecule has 1 unspecified atom stereocenters. The van der Waals surface area contributed by atoms with Gasteiger partial charge in [-0.25, -0.2) is 9.18 Å². The van der Waals surface area contributed by atoms with Gasteiger partial charge in [-0.1, -0.05) is 13.8 Å². The van der Waals surface area contributed by atoms with Gasteiger partial charge in [-0.15, -0.1) is 0 Å². The van der Waals surface area contributed by atoms with E-state index in [2.05, 4.69) is 0 Å². The van der Waals surface area contributed by atoms with Gasteiger partial charge < -0.3 is 25.2 Å². The van der Waals surface area contributed by atoms with Crippen LogP contribution in [0.3, 0.4) is 0 Å². The van der Waals surface area contributed by atoms with Crippen molar-refractivity contribution in [2.24, 2.45) is 11.7 Å². The van der Waals surface area contributed by atoms with Crippen molar-refractivity contribution >= 4 is 17.5 Å². The highest BCUT2D eigenvalue weighted by Gasteiger charge is 2.23. The average Bonchev–Trinajstić information content (AvgIpc) is 2.64. The number of nitrogens with zero attached hydrogens (tertiary/aromatic N) is 2. The number of halogens is 1. The van der Waals surface area contributed by atoms with Crippen LogP contribution >= 0.6 is 0 Å². The second kappa shape index (κ2) is 9.70. The first-order valence-electron chi connectivity index (χ1n) is 8.87. The zero-order chi connectivity index (χ0) is 19.1. The van der Waals surface area contributed by atoms with Crippen molar-refractivity contribution in [1.29, 1.82) is 0 Å². The van der Waals surface area contributed by atoms with Crippen LogP contribution in [0, 0.1) is 11.7 Å². The predicted octanol–water partition coefficient (Wildman–Crippen LogP) is 1.58. The minimum absolute atomic E-state index is 0.0116. The summed E-state index contributed by atoms with van der Waals surface area (Å²) in [5, 5.41) is 9.85. The molecule has 7 nitrogen and oxygen atoms in total. The van der Waals surface area contributed by atoms with Crippen LogP contribution in [0.4, 0.5) is 20.6 Å². The minimum Gasteiger partial charge on any atom is -0.449 e. The van der Waals surface area contributed by atoms with E-state index in [0.717, 1.165) is 0 Å². The van der Waals surface area contributed by atoms with Gasteiger partial charge in [-0.3, -0.25) is 4.90 Å². The molecule has 3 N–H and O–H groups in total. The summed E-state index contributed by atoms with van der Waals surface area (Å²) in [7, 11) is 0. The summed E-state index contributed by atoms with van der Waals surface area (Å²) in [6, 6.07) is 4.56. The average molecular weight is 369 g/mol. The summed E-state index contributed by atoms with van der Waals surface area (Å²) >= 11 is 0. The fraction of sp³-hybridized carbons (Fsp3) is 0.611. The molecule has 146 valence electrons. The molecule has 1 aliphatic rings. The molecule has 0 aliphatic carbocycles. The Morgan fingerprint density at radius 2 is 2.12 bits per heavy atom. The lowest BCUT2D eigenvalue weighted by Crippen LogP contribution is -2.41. The Bertz CT molecular complexity index is 594. The SMILES string of the molecule is CC(C)COC(=O)N(CC(O)CN)c1ccc(N2CCOCC2)c(F)c1. The Hall–Kier alpha value is -1.90. The number of morpholine rings is 1. The fourth-order valence-corrected chi connectivity index (χ4v) is 2.61. The number of carbonyl (C=O) groups excluding carboxylic acids is 1. The lowest BCUT2D eigenvalue weighted by Gasteiger charge is -2.30. The molecule has 1 heterocycles. The standard InChI is InChI=1S/C18H28FN3O4/c1-13(2)12-26-18(24)22(11-15(23)10-20)14-3-4-17(16(19)9-14)21-5-7-25-8-6-21/h3-4,9,13,15,23H,5-8,10-12,20H2,1-2H3. The molecule has 0 saturated carbocycles. The topological polar surface area (TPSA) is 88.3 Å². The smallest absolute Gasteiger partial charge is 0.414 e. The number of nitrogens with two attached hydrogens (primary N) is 1. The number of rotatable bonds is 7. The van der Waals surface area contributed by atoms with Gasteiger partial charge in [0.2, 0.25) is 0 Å². The predicted molar refractivity (Wildman–Crippen MR) is 98.0 cm³/mol. The maximum absolute atomic E-state index is 14.6. The van der Waals surface area contributed by atoms with Gasteiger partial charge in [0.05, 0.1) is 43.8 Å². The number of aliphatic hydroxyl groups excluding tert-OH is 1. The summed E-state index contributed by atoms with van der Waals surface area (Å²) < 4.78 is 25.2. The first-order valence-corrected chi connectivity index (χ1v) is 8.87. The van der Waals surface area contributed by atoms with E-state index in [1.165, 1.54) is 11.0 Å². The van der Waals surface area contributed by atoms with Crippen molar-refractivity contribution in [3.8, 4) is 0 Å². The summed E-state index contributed by atoms with van der Waals surface area (Å²) in [5.74, 6) is -0.269.